The third-order valence-corrected chi connectivity index (χ3v) is 1.40. The molecule has 0 fully saturated rings. The molecule has 0 spiro atoms. The van der Waals surface area contributed by atoms with Crippen molar-refractivity contribution in [1.82, 2.24) is 0 Å². The van der Waals surface area contributed by atoms with E-state index in [9.17, 15) is 4.79 Å². The van der Waals surface area contributed by atoms with Gasteiger partial charge in [0.1, 0.15) is 0 Å². The van der Waals surface area contributed by atoms with Crippen LogP contribution in [0.25, 0.3) is 0 Å². The number of carbonyl (C=O) groups is 1. The second-order valence-electron chi connectivity index (χ2n) is 3.08. The van der Waals surface area contributed by atoms with Gasteiger partial charge in [0.2, 0.25) is 5.91 Å². The SMILES string of the molecule is CC(C)C(N)=O.N#CCCCCC#N. The minimum Gasteiger partial charge on any atom is -0.369 e. The number of rotatable bonds is 4. The number of amides is 1. The molecule has 0 aromatic carbocycles. The minimum atomic E-state index is -0.241. The van der Waals surface area contributed by atoms with Crippen molar-refractivity contribution in [1.29, 1.82) is 10.5 Å². The van der Waals surface area contributed by atoms with E-state index in [2.05, 4.69) is 0 Å². The smallest absolute Gasteiger partial charge is 0.219 e. The van der Waals surface area contributed by atoms with E-state index in [0.29, 0.717) is 12.8 Å². The number of hydrogen-bond acceptors (Lipinski definition) is 3. The second-order valence-corrected chi connectivity index (χ2v) is 3.08. The van der Waals surface area contributed by atoms with Crippen molar-refractivity contribution in [2.75, 3.05) is 0 Å². The van der Waals surface area contributed by atoms with Gasteiger partial charge in [-0.05, 0) is 12.8 Å². The van der Waals surface area contributed by atoms with Gasteiger partial charge in [-0.25, -0.2) is 0 Å². The van der Waals surface area contributed by atoms with Gasteiger partial charge >= 0.3 is 0 Å². The predicted octanol–water partition coefficient (Wildman–Crippen LogP) is 1.72. The van der Waals surface area contributed by atoms with Gasteiger partial charge < -0.3 is 5.73 Å². The van der Waals surface area contributed by atoms with E-state index in [1.54, 1.807) is 13.8 Å². The molecule has 1 amide bonds. The molecular weight excluding hydrogens is 178 g/mol. The summed E-state index contributed by atoms with van der Waals surface area (Å²) < 4.78 is 0. The van der Waals surface area contributed by atoms with Gasteiger partial charge in [-0.3, -0.25) is 4.79 Å². The van der Waals surface area contributed by atoms with Gasteiger partial charge in [0, 0.05) is 18.8 Å². The van der Waals surface area contributed by atoms with Crippen LogP contribution in [-0.2, 0) is 4.79 Å². The van der Waals surface area contributed by atoms with Crippen LogP contribution in [-0.4, -0.2) is 5.91 Å². The Hall–Kier alpha value is -1.55. The van der Waals surface area contributed by atoms with Crippen molar-refractivity contribution in [3.05, 3.63) is 0 Å². The first-order valence-corrected chi connectivity index (χ1v) is 4.59. The van der Waals surface area contributed by atoms with E-state index in [-0.39, 0.29) is 11.8 Å². The third-order valence-electron chi connectivity index (χ3n) is 1.40. The predicted molar refractivity (Wildman–Crippen MR) is 53.7 cm³/mol. The summed E-state index contributed by atoms with van der Waals surface area (Å²) in [5, 5.41) is 16.1. The molecule has 0 aliphatic heterocycles. The van der Waals surface area contributed by atoms with Crippen LogP contribution in [0.2, 0.25) is 0 Å². The van der Waals surface area contributed by atoms with E-state index in [1.807, 2.05) is 12.1 Å². The molecule has 4 heteroatoms. The van der Waals surface area contributed by atoms with Crippen LogP contribution in [0.15, 0.2) is 0 Å². The molecule has 78 valence electrons. The average molecular weight is 195 g/mol. The molecule has 2 N–H and O–H groups in total. The highest BCUT2D eigenvalue weighted by Crippen LogP contribution is 1.95. The highest BCUT2D eigenvalue weighted by Gasteiger charge is 1.96. The van der Waals surface area contributed by atoms with Crippen molar-refractivity contribution in [3.63, 3.8) is 0 Å². The fraction of sp³-hybridized carbons (Fsp3) is 0.700. The van der Waals surface area contributed by atoms with Crippen LogP contribution in [0.3, 0.4) is 0 Å². The maximum Gasteiger partial charge on any atom is 0.219 e. The summed E-state index contributed by atoms with van der Waals surface area (Å²) in [6.07, 6.45) is 2.90. The maximum atomic E-state index is 9.92. The lowest BCUT2D eigenvalue weighted by atomic mass is 10.2. The topological polar surface area (TPSA) is 90.7 Å². The van der Waals surface area contributed by atoms with Crippen molar-refractivity contribution >= 4 is 5.91 Å². The number of nitriles is 2. The summed E-state index contributed by atoms with van der Waals surface area (Å²) in [5.41, 5.74) is 4.80. The monoisotopic (exact) mass is 195 g/mol. The van der Waals surface area contributed by atoms with Gasteiger partial charge in [-0.15, -0.1) is 0 Å². The largest absolute Gasteiger partial charge is 0.369 e. The van der Waals surface area contributed by atoms with Gasteiger partial charge in [-0.1, -0.05) is 13.8 Å². The molecule has 14 heavy (non-hydrogen) atoms. The molecular formula is C10H17N3O. The molecule has 0 saturated carbocycles. The zero-order valence-corrected chi connectivity index (χ0v) is 8.79. The number of nitrogens with zero attached hydrogens (tertiary/aromatic N) is 2. The van der Waals surface area contributed by atoms with Gasteiger partial charge in [0.25, 0.3) is 0 Å². The van der Waals surface area contributed by atoms with Crippen LogP contribution in [0.1, 0.15) is 39.5 Å². The molecule has 0 aliphatic carbocycles. The lowest BCUT2D eigenvalue weighted by Gasteiger charge is -1.90. The first-order chi connectivity index (χ1) is 6.56. The number of unbranched alkanes of at least 4 members (excludes halogenated alkanes) is 3. The van der Waals surface area contributed by atoms with Gasteiger partial charge in [-0.2, -0.15) is 10.5 Å². The third kappa shape index (κ3) is 16.8. The lowest BCUT2D eigenvalue weighted by molar-refractivity contribution is -0.120. The van der Waals surface area contributed by atoms with Gasteiger partial charge in [0.05, 0.1) is 12.1 Å². The Kier molecular flexibility index (Phi) is 12.2. The molecule has 0 bridgehead atoms. The molecule has 0 aliphatic rings. The van der Waals surface area contributed by atoms with Crippen LogP contribution >= 0.6 is 0 Å². The molecule has 0 aromatic rings. The lowest BCUT2D eigenvalue weighted by Crippen LogP contribution is -2.17. The normalized spacial score (nSPS) is 8.07. The molecule has 0 atom stereocenters. The average Bonchev–Trinajstić information content (AvgIpc) is 2.13. The van der Waals surface area contributed by atoms with Crippen LogP contribution in [0.4, 0.5) is 0 Å². The Labute approximate surface area is 85.3 Å². The second kappa shape index (κ2) is 11.4. The van der Waals surface area contributed by atoms with Crippen LogP contribution in [0, 0.1) is 28.6 Å². The van der Waals surface area contributed by atoms with Gasteiger partial charge in [0.15, 0.2) is 0 Å². The molecule has 0 rings (SSSR count). The summed E-state index contributed by atoms with van der Waals surface area (Å²) in [6, 6.07) is 4.03. The zero-order chi connectivity index (χ0) is 11.4. The van der Waals surface area contributed by atoms with Crippen LogP contribution in [0.5, 0.6) is 0 Å². The fourth-order valence-corrected chi connectivity index (χ4v) is 0.408. The van der Waals surface area contributed by atoms with E-state index in [0.717, 1.165) is 12.8 Å². The summed E-state index contributed by atoms with van der Waals surface area (Å²) in [4.78, 5) is 9.92. The fourth-order valence-electron chi connectivity index (χ4n) is 0.408. The molecule has 4 nitrogen and oxygen atoms in total. The number of carbonyl (C=O) groups excluding carboxylic acids is 1. The number of primary amides is 1. The summed E-state index contributed by atoms with van der Waals surface area (Å²) >= 11 is 0. The summed E-state index contributed by atoms with van der Waals surface area (Å²) in [5.74, 6) is -0.250. The Bertz CT molecular complexity index is 207. The minimum absolute atomic E-state index is 0.00926. The molecule has 0 heterocycles. The summed E-state index contributed by atoms with van der Waals surface area (Å²) in [7, 11) is 0. The van der Waals surface area contributed by atoms with Crippen molar-refractivity contribution in [3.8, 4) is 12.1 Å². The molecule has 0 radical (unpaired) electrons. The highest BCUT2D eigenvalue weighted by molar-refractivity contribution is 5.75. The Morgan fingerprint density at radius 2 is 1.50 bits per heavy atom. The Balaban J connectivity index is 0. The van der Waals surface area contributed by atoms with Crippen molar-refractivity contribution in [2.45, 2.75) is 39.5 Å². The van der Waals surface area contributed by atoms with E-state index >= 15 is 0 Å². The maximum absolute atomic E-state index is 9.92. The number of hydrogen-bond donors (Lipinski definition) is 1. The molecule has 0 saturated heterocycles. The van der Waals surface area contributed by atoms with Crippen LogP contribution < -0.4 is 5.73 Å². The van der Waals surface area contributed by atoms with Crippen molar-refractivity contribution in [2.24, 2.45) is 11.7 Å². The Morgan fingerprint density at radius 3 is 1.64 bits per heavy atom. The van der Waals surface area contributed by atoms with Crippen molar-refractivity contribution < 1.29 is 4.79 Å². The van der Waals surface area contributed by atoms with E-state index < -0.39 is 0 Å². The Morgan fingerprint density at radius 1 is 1.21 bits per heavy atom. The van der Waals surface area contributed by atoms with E-state index in [1.165, 1.54) is 0 Å². The quantitative estimate of drug-likeness (QED) is 0.692. The standard InChI is InChI=1S/C6H8N2.C4H9NO/c7-5-3-1-2-4-6-8;1-3(2)4(5)6/h1-4H2;3H,1-2H3,(H2,5,6). The summed E-state index contributed by atoms with van der Waals surface area (Å²) in [6.45, 7) is 3.53. The van der Waals surface area contributed by atoms with E-state index in [4.69, 9.17) is 16.3 Å². The molecule has 0 aromatic heterocycles. The first kappa shape index (κ1) is 14.9. The number of nitrogens with two attached hydrogens (primary N) is 1. The first-order valence-electron chi connectivity index (χ1n) is 4.59. The zero-order valence-electron chi connectivity index (χ0n) is 8.79. The highest BCUT2D eigenvalue weighted by atomic mass is 16.1. The molecule has 0 unspecified atom stereocenters.